The van der Waals surface area contributed by atoms with Gasteiger partial charge in [-0.3, -0.25) is 4.98 Å². The first kappa shape index (κ1) is 10.7. The van der Waals surface area contributed by atoms with Crippen LogP contribution in [0.25, 0.3) is 21.5 Å². The van der Waals surface area contributed by atoms with Crippen molar-refractivity contribution in [1.82, 2.24) is 9.97 Å². The number of thiophene rings is 1. The van der Waals surface area contributed by atoms with E-state index in [4.69, 9.17) is 11.0 Å². The number of nitrogen functional groups attached to an aromatic ring is 1. The zero-order chi connectivity index (χ0) is 12.5. The highest BCUT2D eigenvalue weighted by molar-refractivity contribution is 7.22. The third-order valence-corrected chi connectivity index (χ3v) is 3.62. The number of aromatic nitrogens is 2. The van der Waals surface area contributed by atoms with E-state index in [9.17, 15) is 0 Å². The van der Waals surface area contributed by atoms with Crippen LogP contribution in [0.2, 0.25) is 0 Å². The summed E-state index contributed by atoms with van der Waals surface area (Å²) < 4.78 is 0.932. The van der Waals surface area contributed by atoms with Gasteiger partial charge in [0.15, 0.2) is 0 Å². The maximum atomic E-state index is 9.09. The minimum absolute atomic E-state index is 0.464. The molecule has 3 heterocycles. The molecule has 0 aromatic carbocycles. The second-order valence-corrected chi connectivity index (χ2v) is 4.82. The zero-order valence-corrected chi connectivity index (χ0v) is 10.1. The number of nitriles is 1. The van der Waals surface area contributed by atoms with E-state index in [0.717, 1.165) is 16.0 Å². The van der Waals surface area contributed by atoms with Crippen LogP contribution in [-0.2, 0) is 0 Å². The normalized spacial score (nSPS) is 10.4. The van der Waals surface area contributed by atoms with Gasteiger partial charge in [-0.1, -0.05) is 0 Å². The molecular formula is C13H8N4S. The van der Waals surface area contributed by atoms with Crippen LogP contribution < -0.4 is 5.73 Å². The van der Waals surface area contributed by atoms with Crippen molar-refractivity contribution < 1.29 is 0 Å². The second kappa shape index (κ2) is 4.09. The monoisotopic (exact) mass is 252 g/mol. The van der Waals surface area contributed by atoms with Crippen molar-refractivity contribution in [2.75, 3.05) is 5.73 Å². The number of fused-ring (bicyclic) bond motifs is 1. The zero-order valence-electron chi connectivity index (χ0n) is 9.29. The van der Waals surface area contributed by atoms with Gasteiger partial charge in [-0.15, -0.1) is 11.3 Å². The molecule has 0 unspecified atom stereocenters. The lowest BCUT2D eigenvalue weighted by molar-refractivity contribution is 1.31. The molecule has 0 aliphatic rings. The number of nitrogens with two attached hydrogens (primary N) is 1. The van der Waals surface area contributed by atoms with Crippen molar-refractivity contribution in [1.29, 1.82) is 5.26 Å². The highest BCUT2D eigenvalue weighted by atomic mass is 32.1. The number of anilines is 1. The molecule has 0 aliphatic carbocycles. The third kappa shape index (κ3) is 1.60. The van der Waals surface area contributed by atoms with Gasteiger partial charge in [0, 0.05) is 18.0 Å². The quantitative estimate of drug-likeness (QED) is 0.722. The van der Waals surface area contributed by atoms with Crippen LogP contribution in [0.3, 0.4) is 0 Å². The fourth-order valence-corrected chi connectivity index (χ4v) is 2.65. The number of hydrogen-bond acceptors (Lipinski definition) is 5. The molecule has 0 aliphatic heterocycles. The molecule has 3 rings (SSSR count). The van der Waals surface area contributed by atoms with Gasteiger partial charge in [-0.05, 0) is 24.3 Å². The Morgan fingerprint density at radius 1 is 1.17 bits per heavy atom. The van der Waals surface area contributed by atoms with Gasteiger partial charge in [0.1, 0.15) is 22.2 Å². The van der Waals surface area contributed by atoms with E-state index in [0.29, 0.717) is 16.1 Å². The highest BCUT2D eigenvalue weighted by Crippen LogP contribution is 2.33. The second-order valence-electron chi connectivity index (χ2n) is 3.73. The Hall–Kier alpha value is -2.45. The summed E-state index contributed by atoms with van der Waals surface area (Å²) >= 11 is 1.39. The Balaban J connectivity index is 2.26. The first-order valence-corrected chi connectivity index (χ1v) is 6.11. The van der Waals surface area contributed by atoms with Crippen molar-refractivity contribution in [3.63, 3.8) is 0 Å². The first-order valence-electron chi connectivity index (χ1n) is 5.29. The average molecular weight is 252 g/mol. The van der Waals surface area contributed by atoms with Gasteiger partial charge in [0.05, 0.1) is 10.4 Å². The van der Waals surface area contributed by atoms with Crippen molar-refractivity contribution >= 4 is 26.6 Å². The molecule has 0 amide bonds. The first-order chi connectivity index (χ1) is 8.79. The van der Waals surface area contributed by atoms with E-state index in [-0.39, 0.29) is 0 Å². The maximum Gasteiger partial charge on any atom is 0.112 e. The Morgan fingerprint density at radius 2 is 1.94 bits per heavy atom. The maximum absolute atomic E-state index is 9.09. The predicted octanol–water partition coefficient (Wildman–Crippen LogP) is 2.81. The number of pyridine rings is 2. The summed E-state index contributed by atoms with van der Waals surface area (Å²) in [4.78, 5) is 8.49. The summed E-state index contributed by atoms with van der Waals surface area (Å²) in [6, 6.07) is 9.75. The number of hydrogen-bond donors (Lipinski definition) is 1. The Morgan fingerprint density at radius 3 is 2.67 bits per heavy atom. The molecule has 0 bridgehead atoms. The number of nitrogens with zero attached hydrogens (tertiary/aromatic N) is 3. The van der Waals surface area contributed by atoms with Crippen LogP contribution in [0.4, 0.5) is 5.00 Å². The van der Waals surface area contributed by atoms with E-state index in [1.165, 1.54) is 11.3 Å². The molecule has 4 nitrogen and oxygen atoms in total. The van der Waals surface area contributed by atoms with Crippen molar-refractivity contribution in [2.24, 2.45) is 0 Å². The Bertz CT molecular complexity index is 756. The Kier molecular flexibility index (Phi) is 2.43. The van der Waals surface area contributed by atoms with Crippen LogP contribution in [0.15, 0.2) is 36.7 Å². The number of rotatable bonds is 1. The molecular weight excluding hydrogens is 244 g/mol. The average Bonchev–Trinajstić information content (AvgIpc) is 2.74. The van der Waals surface area contributed by atoms with E-state index < -0.39 is 0 Å². The van der Waals surface area contributed by atoms with Crippen molar-refractivity contribution in [3.8, 4) is 17.3 Å². The smallest absolute Gasteiger partial charge is 0.112 e. The molecule has 3 aromatic heterocycles. The van der Waals surface area contributed by atoms with Crippen LogP contribution in [0.1, 0.15) is 5.56 Å². The van der Waals surface area contributed by atoms with Crippen LogP contribution in [0, 0.1) is 11.3 Å². The lowest BCUT2D eigenvalue weighted by Crippen LogP contribution is -1.87. The molecule has 0 fully saturated rings. The topological polar surface area (TPSA) is 75.6 Å². The van der Waals surface area contributed by atoms with Crippen LogP contribution >= 0.6 is 11.3 Å². The molecule has 2 N–H and O–H groups in total. The van der Waals surface area contributed by atoms with Gasteiger partial charge in [0.25, 0.3) is 0 Å². The Labute approximate surface area is 107 Å². The molecule has 86 valence electrons. The largest absolute Gasteiger partial charge is 0.389 e. The molecule has 0 saturated carbocycles. The van der Waals surface area contributed by atoms with Crippen LogP contribution in [-0.4, -0.2) is 9.97 Å². The van der Waals surface area contributed by atoms with Crippen molar-refractivity contribution in [2.45, 2.75) is 0 Å². The standard InChI is InChI=1S/C13H8N4S/c14-7-9-12-11(18-13(9)15)2-1-10(17-12)8-3-5-16-6-4-8/h1-6H,15H2. The summed E-state index contributed by atoms with van der Waals surface area (Å²) in [5.74, 6) is 0. The molecule has 18 heavy (non-hydrogen) atoms. The van der Waals surface area contributed by atoms with E-state index >= 15 is 0 Å². The minimum atomic E-state index is 0.464. The van der Waals surface area contributed by atoms with Gasteiger partial charge >= 0.3 is 0 Å². The molecule has 0 saturated heterocycles. The molecule has 5 heteroatoms. The molecule has 0 radical (unpaired) electrons. The van der Waals surface area contributed by atoms with Gasteiger partial charge < -0.3 is 5.73 Å². The molecule has 0 spiro atoms. The van der Waals surface area contributed by atoms with Gasteiger partial charge in [-0.25, -0.2) is 4.98 Å². The fourth-order valence-electron chi connectivity index (χ4n) is 1.79. The lowest BCUT2D eigenvalue weighted by Gasteiger charge is -2.00. The summed E-state index contributed by atoms with van der Waals surface area (Å²) in [6.07, 6.45) is 3.43. The highest BCUT2D eigenvalue weighted by Gasteiger charge is 2.11. The third-order valence-electron chi connectivity index (χ3n) is 2.65. The van der Waals surface area contributed by atoms with E-state index in [2.05, 4.69) is 16.0 Å². The SMILES string of the molecule is N#Cc1c(N)sc2ccc(-c3ccncc3)nc12. The minimum Gasteiger partial charge on any atom is -0.389 e. The fraction of sp³-hybridized carbons (Fsp3) is 0. The van der Waals surface area contributed by atoms with E-state index in [1.54, 1.807) is 12.4 Å². The summed E-state index contributed by atoms with van der Waals surface area (Å²) in [7, 11) is 0. The summed E-state index contributed by atoms with van der Waals surface area (Å²) in [5, 5.41) is 9.61. The van der Waals surface area contributed by atoms with Gasteiger partial charge in [0.2, 0.25) is 0 Å². The van der Waals surface area contributed by atoms with Crippen molar-refractivity contribution in [3.05, 3.63) is 42.2 Å². The molecule has 0 atom stereocenters. The van der Waals surface area contributed by atoms with Gasteiger partial charge in [-0.2, -0.15) is 5.26 Å². The van der Waals surface area contributed by atoms with E-state index in [1.807, 2.05) is 24.3 Å². The van der Waals surface area contributed by atoms with Crippen LogP contribution in [0.5, 0.6) is 0 Å². The summed E-state index contributed by atoms with van der Waals surface area (Å²) in [6.45, 7) is 0. The summed E-state index contributed by atoms with van der Waals surface area (Å²) in [5.41, 5.74) is 8.73. The predicted molar refractivity (Wildman–Crippen MR) is 72.0 cm³/mol. The lowest BCUT2D eigenvalue weighted by atomic mass is 10.1. The molecule has 3 aromatic rings.